The normalized spacial score (nSPS) is 16.7. The lowest BCUT2D eigenvalue weighted by atomic mass is 9.70. The summed E-state index contributed by atoms with van der Waals surface area (Å²) in [6, 6.07) is 0. The van der Waals surface area contributed by atoms with Crippen LogP contribution < -0.4 is 0 Å². The van der Waals surface area contributed by atoms with Crippen LogP contribution in [-0.4, -0.2) is 0 Å². The van der Waals surface area contributed by atoms with E-state index in [9.17, 15) is 0 Å². The van der Waals surface area contributed by atoms with Crippen LogP contribution in [-0.2, 0) is 0 Å². The first-order valence-electron chi connectivity index (χ1n) is 6.43. The van der Waals surface area contributed by atoms with Gasteiger partial charge in [-0.05, 0) is 23.7 Å². The molecule has 0 saturated carbocycles. The number of rotatable bonds is 6. The Kier molecular flexibility index (Phi) is 6.48. The second kappa shape index (κ2) is 6.48. The van der Waals surface area contributed by atoms with Crippen LogP contribution in [0.2, 0.25) is 0 Å². The van der Waals surface area contributed by atoms with Crippen molar-refractivity contribution >= 4 is 0 Å². The quantitative estimate of drug-likeness (QED) is 0.510. The molecule has 0 aliphatic rings. The Bertz CT molecular complexity index is 129. The molecule has 0 amide bonds. The van der Waals surface area contributed by atoms with Crippen LogP contribution in [0.1, 0.15) is 73.6 Å². The molecule has 0 heterocycles. The lowest BCUT2D eigenvalue weighted by Crippen LogP contribution is -2.26. The van der Waals surface area contributed by atoms with Gasteiger partial charge in [-0.25, -0.2) is 0 Å². The van der Waals surface area contributed by atoms with E-state index in [0.717, 1.165) is 11.8 Å². The molecular formula is C14H30. The molecule has 0 aliphatic heterocycles. The highest BCUT2D eigenvalue weighted by atomic mass is 14.3. The summed E-state index contributed by atoms with van der Waals surface area (Å²) in [5.41, 5.74) is 0.489. The first kappa shape index (κ1) is 14.0. The minimum Gasteiger partial charge on any atom is -0.0654 e. The predicted octanol–water partition coefficient (Wildman–Crippen LogP) is 5.28. The minimum absolute atomic E-state index is 0.489. The summed E-state index contributed by atoms with van der Waals surface area (Å²) in [4.78, 5) is 0. The van der Waals surface area contributed by atoms with Gasteiger partial charge in [-0.15, -0.1) is 0 Å². The van der Waals surface area contributed by atoms with E-state index in [1.54, 1.807) is 0 Å². The zero-order valence-corrected chi connectivity index (χ0v) is 11.2. The van der Waals surface area contributed by atoms with Crippen molar-refractivity contribution in [1.82, 2.24) is 0 Å². The molecule has 0 radical (unpaired) electrons. The van der Waals surface area contributed by atoms with Crippen molar-refractivity contribution in [2.45, 2.75) is 73.6 Å². The molecule has 0 bridgehead atoms. The van der Waals surface area contributed by atoms with Crippen LogP contribution in [0.25, 0.3) is 0 Å². The van der Waals surface area contributed by atoms with E-state index in [1.165, 1.54) is 32.1 Å². The average Bonchev–Trinajstić information content (AvgIpc) is 2.09. The monoisotopic (exact) mass is 198 g/mol. The molecule has 0 rings (SSSR count). The Morgan fingerprint density at radius 3 is 1.93 bits per heavy atom. The average molecular weight is 198 g/mol. The van der Waals surface area contributed by atoms with Gasteiger partial charge in [-0.1, -0.05) is 67.2 Å². The Morgan fingerprint density at radius 2 is 1.57 bits per heavy atom. The van der Waals surface area contributed by atoms with Gasteiger partial charge in [0.1, 0.15) is 0 Å². The smallest absolute Gasteiger partial charge is 0.0340 e. The molecule has 14 heavy (non-hydrogen) atoms. The fourth-order valence-electron chi connectivity index (χ4n) is 2.47. The number of hydrogen-bond acceptors (Lipinski definition) is 0. The van der Waals surface area contributed by atoms with E-state index in [4.69, 9.17) is 0 Å². The molecule has 0 aromatic carbocycles. The Balaban J connectivity index is 4.12. The Morgan fingerprint density at radius 1 is 1.00 bits per heavy atom. The van der Waals surface area contributed by atoms with Gasteiger partial charge in [0.2, 0.25) is 0 Å². The van der Waals surface area contributed by atoms with Gasteiger partial charge in [0.25, 0.3) is 0 Å². The number of unbranched alkanes of at least 4 members (excludes halogenated alkanes) is 2. The predicted molar refractivity (Wildman–Crippen MR) is 66.5 cm³/mol. The second-order valence-electron chi connectivity index (χ2n) is 5.85. The lowest BCUT2D eigenvalue weighted by Gasteiger charge is -2.35. The summed E-state index contributed by atoms with van der Waals surface area (Å²) >= 11 is 0. The van der Waals surface area contributed by atoms with Crippen molar-refractivity contribution in [1.29, 1.82) is 0 Å². The third-order valence-corrected chi connectivity index (χ3v) is 3.56. The van der Waals surface area contributed by atoms with E-state index in [2.05, 4.69) is 41.5 Å². The Labute approximate surface area is 91.5 Å². The van der Waals surface area contributed by atoms with Crippen molar-refractivity contribution in [2.75, 3.05) is 0 Å². The standard InChI is InChI=1S/C14H30/c1-7-9-10-11-13(12(3)8-2)14(4,5)6/h12-13H,7-11H2,1-6H3. The maximum atomic E-state index is 2.42. The molecule has 0 aliphatic carbocycles. The molecule has 0 nitrogen and oxygen atoms in total. The highest BCUT2D eigenvalue weighted by Crippen LogP contribution is 2.37. The molecule has 0 aromatic rings. The van der Waals surface area contributed by atoms with Gasteiger partial charge in [-0.3, -0.25) is 0 Å². The zero-order valence-electron chi connectivity index (χ0n) is 11.2. The molecule has 0 fully saturated rings. The highest BCUT2D eigenvalue weighted by molar-refractivity contribution is 4.77. The molecule has 2 atom stereocenters. The Hall–Kier alpha value is 0. The lowest BCUT2D eigenvalue weighted by molar-refractivity contribution is 0.148. The third kappa shape index (κ3) is 5.02. The minimum atomic E-state index is 0.489. The van der Waals surface area contributed by atoms with Gasteiger partial charge in [0, 0.05) is 0 Å². The molecule has 0 saturated heterocycles. The largest absolute Gasteiger partial charge is 0.0654 e. The molecule has 0 aromatic heterocycles. The zero-order chi connectivity index (χ0) is 11.2. The maximum absolute atomic E-state index is 2.42. The van der Waals surface area contributed by atoms with E-state index in [0.29, 0.717) is 5.41 Å². The molecule has 0 spiro atoms. The summed E-state index contributed by atoms with van der Waals surface area (Å²) in [7, 11) is 0. The third-order valence-electron chi connectivity index (χ3n) is 3.56. The summed E-state index contributed by atoms with van der Waals surface area (Å²) in [5, 5.41) is 0. The summed E-state index contributed by atoms with van der Waals surface area (Å²) in [6.07, 6.45) is 6.92. The second-order valence-corrected chi connectivity index (χ2v) is 5.85. The molecule has 86 valence electrons. The molecule has 0 N–H and O–H groups in total. The van der Waals surface area contributed by atoms with Crippen molar-refractivity contribution < 1.29 is 0 Å². The van der Waals surface area contributed by atoms with Crippen LogP contribution in [0.15, 0.2) is 0 Å². The molecular weight excluding hydrogens is 168 g/mol. The van der Waals surface area contributed by atoms with Crippen molar-refractivity contribution in [3.63, 3.8) is 0 Å². The fourth-order valence-corrected chi connectivity index (χ4v) is 2.47. The van der Waals surface area contributed by atoms with Gasteiger partial charge in [0.15, 0.2) is 0 Å². The SMILES string of the molecule is CCCCCC(C(C)CC)C(C)(C)C. The van der Waals surface area contributed by atoms with Gasteiger partial charge in [0.05, 0.1) is 0 Å². The topological polar surface area (TPSA) is 0 Å². The van der Waals surface area contributed by atoms with Crippen LogP contribution >= 0.6 is 0 Å². The van der Waals surface area contributed by atoms with E-state index >= 15 is 0 Å². The van der Waals surface area contributed by atoms with E-state index in [1.807, 2.05) is 0 Å². The number of hydrogen-bond donors (Lipinski definition) is 0. The summed E-state index contributed by atoms with van der Waals surface area (Å²) < 4.78 is 0. The van der Waals surface area contributed by atoms with Gasteiger partial charge in [-0.2, -0.15) is 0 Å². The van der Waals surface area contributed by atoms with Crippen molar-refractivity contribution in [3.8, 4) is 0 Å². The summed E-state index contributed by atoms with van der Waals surface area (Å²) in [5.74, 6) is 1.78. The summed E-state index contributed by atoms with van der Waals surface area (Å²) in [6.45, 7) is 14.2. The van der Waals surface area contributed by atoms with Gasteiger partial charge >= 0.3 is 0 Å². The highest BCUT2D eigenvalue weighted by Gasteiger charge is 2.27. The maximum Gasteiger partial charge on any atom is -0.0340 e. The van der Waals surface area contributed by atoms with Crippen LogP contribution in [0, 0.1) is 17.3 Å². The van der Waals surface area contributed by atoms with E-state index in [-0.39, 0.29) is 0 Å². The van der Waals surface area contributed by atoms with Crippen molar-refractivity contribution in [2.24, 2.45) is 17.3 Å². The first-order valence-corrected chi connectivity index (χ1v) is 6.43. The van der Waals surface area contributed by atoms with Crippen LogP contribution in [0.4, 0.5) is 0 Å². The van der Waals surface area contributed by atoms with Crippen LogP contribution in [0.3, 0.4) is 0 Å². The van der Waals surface area contributed by atoms with Gasteiger partial charge < -0.3 is 0 Å². The van der Waals surface area contributed by atoms with E-state index < -0.39 is 0 Å². The molecule has 2 unspecified atom stereocenters. The van der Waals surface area contributed by atoms with Crippen LogP contribution in [0.5, 0.6) is 0 Å². The molecule has 0 heteroatoms. The van der Waals surface area contributed by atoms with Crippen molar-refractivity contribution in [3.05, 3.63) is 0 Å². The fraction of sp³-hybridized carbons (Fsp3) is 1.00. The first-order chi connectivity index (χ1) is 6.43.